The van der Waals surface area contributed by atoms with Crippen LogP contribution in [0.15, 0.2) is 12.3 Å². The van der Waals surface area contributed by atoms with Crippen LogP contribution < -0.4 is 5.32 Å². The third-order valence-corrected chi connectivity index (χ3v) is 3.05. The Hall–Kier alpha value is -1.00. The Morgan fingerprint density at radius 2 is 2.24 bits per heavy atom. The van der Waals surface area contributed by atoms with Crippen molar-refractivity contribution in [2.24, 2.45) is 0 Å². The smallest absolute Gasteiger partial charge is 0.131 e. The lowest BCUT2D eigenvalue weighted by Crippen LogP contribution is -2.19. The van der Waals surface area contributed by atoms with Crippen molar-refractivity contribution in [1.82, 2.24) is 15.3 Å². The van der Waals surface area contributed by atoms with E-state index in [1.165, 1.54) is 0 Å². The van der Waals surface area contributed by atoms with Crippen LogP contribution in [0.25, 0.3) is 0 Å². The summed E-state index contributed by atoms with van der Waals surface area (Å²) >= 11 is 0. The molecule has 0 aliphatic carbocycles. The minimum Gasteiger partial charge on any atom is -0.381 e. The van der Waals surface area contributed by atoms with E-state index in [0.29, 0.717) is 5.92 Å². The van der Waals surface area contributed by atoms with Crippen molar-refractivity contribution in [1.29, 1.82) is 0 Å². The van der Waals surface area contributed by atoms with E-state index < -0.39 is 0 Å². The zero-order valence-electron chi connectivity index (χ0n) is 10.5. The fourth-order valence-electron chi connectivity index (χ4n) is 2.06. The maximum Gasteiger partial charge on any atom is 0.131 e. The Morgan fingerprint density at radius 1 is 1.41 bits per heavy atom. The molecule has 17 heavy (non-hydrogen) atoms. The predicted octanol–water partition coefficient (Wildman–Crippen LogP) is 1.87. The highest BCUT2D eigenvalue weighted by Crippen LogP contribution is 2.23. The fourth-order valence-corrected chi connectivity index (χ4v) is 2.06. The van der Waals surface area contributed by atoms with Crippen molar-refractivity contribution in [2.75, 3.05) is 19.8 Å². The second-order valence-corrected chi connectivity index (χ2v) is 4.47. The predicted molar refractivity (Wildman–Crippen MR) is 66.8 cm³/mol. The summed E-state index contributed by atoms with van der Waals surface area (Å²) in [5, 5.41) is 3.37. The first-order valence-corrected chi connectivity index (χ1v) is 6.50. The van der Waals surface area contributed by atoms with Crippen molar-refractivity contribution in [3.8, 4) is 0 Å². The molecule has 2 rings (SSSR count). The molecule has 4 nitrogen and oxygen atoms in total. The van der Waals surface area contributed by atoms with E-state index in [1.807, 2.05) is 12.3 Å². The number of nitrogens with one attached hydrogen (secondary N) is 1. The van der Waals surface area contributed by atoms with Crippen molar-refractivity contribution >= 4 is 0 Å². The van der Waals surface area contributed by atoms with Crippen LogP contribution in [0.3, 0.4) is 0 Å². The normalized spacial score (nSPS) is 17.2. The summed E-state index contributed by atoms with van der Waals surface area (Å²) in [6, 6.07) is 1.99. The van der Waals surface area contributed by atoms with Crippen LogP contribution in [0.1, 0.15) is 43.6 Å². The van der Waals surface area contributed by atoms with Crippen LogP contribution in [0.4, 0.5) is 0 Å². The second-order valence-electron chi connectivity index (χ2n) is 4.47. The summed E-state index contributed by atoms with van der Waals surface area (Å²) in [4.78, 5) is 9.04. The van der Waals surface area contributed by atoms with Crippen LogP contribution in [0, 0.1) is 0 Å². The highest BCUT2D eigenvalue weighted by Gasteiger charge is 2.18. The molecule has 0 unspecified atom stereocenters. The molecule has 0 radical (unpaired) electrons. The Bertz CT molecular complexity index is 337. The molecule has 1 N–H and O–H groups in total. The van der Waals surface area contributed by atoms with E-state index in [2.05, 4.69) is 22.2 Å². The largest absolute Gasteiger partial charge is 0.381 e. The Morgan fingerprint density at radius 3 is 3.00 bits per heavy atom. The molecule has 0 atom stereocenters. The number of rotatable bonds is 5. The summed E-state index contributed by atoms with van der Waals surface area (Å²) in [6.07, 6.45) is 5.12. The van der Waals surface area contributed by atoms with Gasteiger partial charge in [0.05, 0.1) is 5.69 Å². The minimum atomic E-state index is 0.481. The molecule has 94 valence electrons. The maximum atomic E-state index is 5.36. The quantitative estimate of drug-likeness (QED) is 0.791. The van der Waals surface area contributed by atoms with Crippen LogP contribution in [-0.2, 0) is 11.3 Å². The van der Waals surface area contributed by atoms with Gasteiger partial charge in [0.1, 0.15) is 5.82 Å². The molecule has 1 fully saturated rings. The molecular formula is C13H21N3O. The molecule has 1 saturated heterocycles. The average Bonchev–Trinajstić information content (AvgIpc) is 2.41. The Labute approximate surface area is 103 Å². The van der Waals surface area contributed by atoms with Crippen molar-refractivity contribution in [3.63, 3.8) is 0 Å². The van der Waals surface area contributed by atoms with Crippen LogP contribution in [0.2, 0.25) is 0 Å². The zero-order chi connectivity index (χ0) is 11.9. The summed E-state index contributed by atoms with van der Waals surface area (Å²) in [5.74, 6) is 1.47. The van der Waals surface area contributed by atoms with Gasteiger partial charge in [0.25, 0.3) is 0 Å². The van der Waals surface area contributed by atoms with Gasteiger partial charge in [-0.15, -0.1) is 0 Å². The Balaban J connectivity index is 1.95. The summed E-state index contributed by atoms with van der Waals surface area (Å²) in [5.41, 5.74) is 1.09. The van der Waals surface area contributed by atoms with E-state index in [0.717, 1.165) is 57.1 Å². The molecule has 1 aromatic heterocycles. The highest BCUT2D eigenvalue weighted by atomic mass is 16.5. The minimum absolute atomic E-state index is 0.481. The lowest BCUT2D eigenvalue weighted by Gasteiger charge is -2.20. The van der Waals surface area contributed by atoms with Crippen LogP contribution in [-0.4, -0.2) is 29.7 Å². The number of nitrogens with zero attached hydrogens (tertiary/aromatic N) is 2. The lowest BCUT2D eigenvalue weighted by molar-refractivity contribution is 0.0835. The highest BCUT2D eigenvalue weighted by molar-refractivity contribution is 5.06. The average molecular weight is 235 g/mol. The van der Waals surface area contributed by atoms with E-state index in [-0.39, 0.29) is 0 Å². The van der Waals surface area contributed by atoms with Crippen molar-refractivity contribution in [3.05, 3.63) is 23.8 Å². The molecule has 2 heterocycles. The number of hydrogen-bond donors (Lipinski definition) is 1. The molecule has 0 bridgehead atoms. The van der Waals surface area contributed by atoms with Crippen molar-refractivity contribution in [2.45, 2.75) is 38.6 Å². The summed E-state index contributed by atoms with van der Waals surface area (Å²) in [7, 11) is 0. The van der Waals surface area contributed by atoms with Gasteiger partial charge in [-0.2, -0.15) is 0 Å². The zero-order valence-corrected chi connectivity index (χ0v) is 10.5. The molecular weight excluding hydrogens is 214 g/mol. The monoisotopic (exact) mass is 235 g/mol. The van der Waals surface area contributed by atoms with E-state index in [9.17, 15) is 0 Å². The molecule has 1 aliphatic heterocycles. The number of aromatic nitrogens is 2. The van der Waals surface area contributed by atoms with Gasteiger partial charge in [0, 0.05) is 31.9 Å². The molecule has 1 aliphatic rings. The van der Waals surface area contributed by atoms with Gasteiger partial charge >= 0.3 is 0 Å². The molecule has 0 spiro atoms. The third-order valence-electron chi connectivity index (χ3n) is 3.05. The lowest BCUT2D eigenvalue weighted by atomic mass is 9.99. The van der Waals surface area contributed by atoms with Gasteiger partial charge in [-0.1, -0.05) is 6.92 Å². The summed E-state index contributed by atoms with van der Waals surface area (Å²) < 4.78 is 5.36. The van der Waals surface area contributed by atoms with Crippen LogP contribution >= 0.6 is 0 Å². The molecule has 0 aromatic carbocycles. The van der Waals surface area contributed by atoms with Gasteiger partial charge in [-0.25, -0.2) is 9.97 Å². The van der Waals surface area contributed by atoms with Crippen molar-refractivity contribution < 1.29 is 4.74 Å². The molecule has 4 heteroatoms. The maximum absolute atomic E-state index is 5.36. The number of ether oxygens (including phenoxy) is 1. The van der Waals surface area contributed by atoms with Gasteiger partial charge in [-0.3, -0.25) is 0 Å². The van der Waals surface area contributed by atoms with Gasteiger partial charge in [0.2, 0.25) is 0 Å². The van der Waals surface area contributed by atoms with Gasteiger partial charge < -0.3 is 10.1 Å². The van der Waals surface area contributed by atoms with Gasteiger partial charge in [-0.05, 0) is 31.9 Å². The van der Waals surface area contributed by atoms with Crippen LogP contribution in [0.5, 0.6) is 0 Å². The molecule has 1 aromatic rings. The van der Waals surface area contributed by atoms with E-state index in [4.69, 9.17) is 4.74 Å². The van der Waals surface area contributed by atoms with E-state index >= 15 is 0 Å². The SMILES string of the molecule is CCCNCc1ccnc(C2CCOCC2)n1. The molecule has 0 saturated carbocycles. The Kier molecular flexibility index (Phi) is 4.88. The third kappa shape index (κ3) is 3.75. The topological polar surface area (TPSA) is 47.0 Å². The first-order valence-electron chi connectivity index (χ1n) is 6.50. The first-order chi connectivity index (χ1) is 8.40. The molecule has 0 amide bonds. The fraction of sp³-hybridized carbons (Fsp3) is 0.692. The number of hydrogen-bond acceptors (Lipinski definition) is 4. The second kappa shape index (κ2) is 6.67. The van der Waals surface area contributed by atoms with E-state index in [1.54, 1.807) is 0 Å². The summed E-state index contributed by atoms with van der Waals surface area (Å²) in [6.45, 7) is 5.72. The standard InChI is InChI=1S/C13H21N3O/c1-2-6-14-10-12-3-7-15-13(16-12)11-4-8-17-9-5-11/h3,7,11,14H,2,4-6,8-10H2,1H3. The first kappa shape index (κ1) is 12.5. The van der Waals surface area contributed by atoms with Gasteiger partial charge in [0.15, 0.2) is 0 Å².